The highest BCUT2D eigenvalue weighted by Crippen LogP contribution is 2.52. The molecule has 0 amide bonds. The molecule has 3 rings (SSSR count). The summed E-state index contributed by atoms with van der Waals surface area (Å²) in [5, 5.41) is 3.59. The van der Waals surface area contributed by atoms with E-state index in [1.165, 1.54) is 18.4 Å². The summed E-state index contributed by atoms with van der Waals surface area (Å²) in [7, 11) is 2.12. The van der Waals surface area contributed by atoms with Gasteiger partial charge in [0.25, 0.3) is 0 Å². The SMILES string of the molecule is CCC1OCCC1C(NC)C1CC1c1ccccc1. The van der Waals surface area contributed by atoms with Crippen molar-refractivity contribution in [2.24, 2.45) is 11.8 Å². The summed E-state index contributed by atoms with van der Waals surface area (Å²) in [6.45, 7) is 3.20. The van der Waals surface area contributed by atoms with Gasteiger partial charge in [0.2, 0.25) is 0 Å². The van der Waals surface area contributed by atoms with E-state index >= 15 is 0 Å². The monoisotopic (exact) mass is 259 g/mol. The lowest BCUT2D eigenvalue weighted by Gasteiger charge is -2.27. The molecular weight excluding hydrogens is 234 g/mol. The average molecular weight is 259 g/mol. The fourth-order valence-electron chi connectivity index (χ4n) is 3.94. The molecule has 104 valence electrons. The summed E-state index contributed by atoms with van der Waals surface area (Å²) in [6.07, 6.45) is 4.17. The molecule has 1 saturated carbocycles. The maximum atomic E-state index is 5.88. The fourth-order valence-corrected chi connectivity index (χ4v) is 3.94. The van der Waals surface area contributed by atoms with Gasteiger partial charge < -0.3 is 10.1 Å². The molecule has 1 saturated heterocycles. The Labute approximate surface area is 116 Å². The van der Waals surface area contributed by atoms with Crippen LogP contribution < -0.4 is 5.32 Å². The molecule has 19 heavy (non-hydrogen) atoms. The lowest BCUT2D eigenvalue weighted by molar-refractivity contribution is 0.0756. The summed E-state index contributed by atoms with van der Waals surface area (Å²) in [6, 6.07) is 11.6. The van der Waals surface area contributed by atoms with Crippen molar-refractivity contribution >= 4 is 0 Å². The third-order valence-corrected chi connectivity index (χ3v) is 4.99. The first-order chi connectivity index (χ1) is 9.35. The third-order valence-electron chi connectivity index (χ3n) is 4.99. The summed E-state index contributed by atoms with van der Waals surface area (Å²) in [5.74, 6) is 2.26. The Bertz CT molecular complexity index is 405. The molecule has 1 heterocycles. The summed E-state index contributed by atoms with van der Waals surface area (Å²) < 4.78 is 5.88. The maximum absolute atomic E-state index is 5.88. The second kappa shape index (κ2) is 5.64. The zero-order chi connectivity index (χ0) is 13.2. The van der Waals surface area contributed by atoms with E-state index in [1.54, 1.807) is 0 Å². The van der Waals surface area contributed by atoms with Gasteiger partial charge in [-0.1, -0.05) is 37.3 Å². The number of hydrogen-bond donors (Lipinski definition) is 1. The predicted octanol–water partition coefficient (Wildman–Crippen LogP) is 3.19. The van der Waals surface area contributed by atoms with Gasteiger partial charge in [0, 0.05) is 18.6 Å². The van der Waals surface area contributed by atoms with E-state index in [1.807, 2.05) is 0 Å². The number of hydrogen-bond acceptors (Lipinski definition) is 2. The minimum Gasteiger partial charge on any atom is -0.378 e. The van der Waals surface area contributed by atoms with Crippen LogP contribution in [0.25, 0.3) is 0 Å². The number of benzene rings is 1. The molecule has 0 aromatic heterocycles. The van der Waals surface area contributed by atoms with Gasteiger partial charge >= 0.3 is 0 Å². The van der Waals surface area contributed by atoms with Crippen molar-refractivity contribution in [1.29, 1.82) is 0 Å². The van der Waals surface area contributed by atoms with Gasteiger partial charge in [-0.05, 0) is 43.7 Å². The van der Waals surface area contributed by atoms with Crippen molar-refractivity contribution in [3.8, 4) is 0 Å². The molecule has 2 nitrogen and oxygen atoms in total. The minimum atomic E-state index is 0.467. The third kappa shape index (κ3) is 2.56. The van der Waals surface area contributed by atoms with Crippen molar-refractivity contribution in [2.45, 2.75) is 44.2 Å². The number of ether oxygens (including phenoxy) is 1. The van der Waals surface area contributed by atoms with Crippen LogP contribution in [0.2, 0.25) is 0 Å². The van der Waals surface area contributed by atoms with E-state index < -0.39 is 0 Å². The first-order valence-electron chi connectivity index (χ1n) is 7.69. The van der Waals surface area contributed by atoms with Crippen LogP contribution in [0.4, 0.5) is 0 Å². The Kier molecular flexibility index (Phi) is 3.90. The van der Waals surface area contributed by atoms with Gasteiger partial charge in [-0.3, -0.25) is 0 Å². The molecule has 1 aliphatic heterocycles. The van der Waals surface area contributed by atoms with Gasteiger partial charge in [-0.25, -0.2) is 0 Å². The molecule has 1 aromatic carbocycles. The molecule has 2 aliphatic rings. The quantitative estimate of drug-likeness (QED) is 0.877. The van der Waals surface area contributed by atoms with E-state index in [2.05, 4.69) is 49.6 Å². The van der Waals surface area contributed by atoms with Crippen LogP contribution in [-0.2, 0) is 4.74 Å². The molecule has 1 aromatic rings. The van der Waals surface area contributed by atoms with E-state index in [4.69, 9.17) is 4.74 Å². The van der Waals surface area contributed by atoms with E-state index in [0.29, 0.717) is 18.1 Å². The van der Waals surface area contributed by atoms with Crippen LogP contribution in [-0.4, -0.2) is 25.8 Å². The molecule has 0 spiro atoms. The number of rotatable bonds is 5. The Hall–Kier alpha value is -0.860. The highest BCUT2D eigenvalue weighted by atomic mass is 16.5. The Morgan fingerprint density at radius 3 is 2.74 bits per heavy atom. The highest BCUT2D eigenvalue weighted by molar-refractivity contribution is 5.27. The van der Waals surface area contributed by atoms with Crippen LogP contribution in [0.1, 0.15) is 37.7 Å². The molecule has 1 N–H and O–H groups in total. The Morgan fingerprint density at radius 1 is 1.26 bits per heavy atom. The molecule has 1 aliphatic carbocycles. The molecule has 2 heteroatoms. The fraction of sp³-hybridized carbons (Fsp3) is 0.647. The number of nitrogens with one attached hydrogen (secondary N) is 1. The smallest absolute Gasteiger partial charge is 0.0616 e. The first-order valence-corrected chi connectivity index (χ1v) is 7.69. The van der Waals surface area contributed by atoms with E-state index in [0.717, 1.165) is 24.9 Å². The topological polar surface area (TPSA) is 21.3 Å². The Balaban J connectivity index is 1.68. The summed E-state index contributed by atoms with van der Waals surface area (Å²) in [4.78, 5) is 0. The van der Waals surface area contributed by atoms with Gasteiger partial charge in [0.1, 0.15) is 0 Å². The zero-order valence-electron chi connectivity index (χ0n) is 12.0. The van der Waals surface area contributed by atoms with Crippen molar-refractivity contribution in [3.63, 3.8) is 0 Å². The van der Waals surface area contributed by atoms with Gasteiger partial charge in [-0.15, -0.1) is 0 Å². The predicted molar refractivity (Wildman–Crippen MR) is 78.3 cm³/mol. The second-order valence-corrected chi connectivity index (χ2v) is 6.00. The van der Waals surface area contributed by atoms with Crippen molar-refractivity contribution in [2.75, 3.05) is 13.7 Å². The van der Waals surface area contributed by atoms with Crippen LogP contribution in [0.3, 0.4) is 0 Å². The van der Waals surface area contributed by atoms with Crippen LogP contribution in [0.15, 0.2) is 30.3 Å². The van der Waals surface area contributed by atoms with E-state index in [9.17, 15) is 0 Å². The second-order valence-electron chi connectivity index (χ2n) is 6.00. The van der Waals surface area contributed by atoms with Crippen molar-refractivity contribution in [1.82, 2.24) is 5.32 Å². The van der Waals surface area contributed by atoms with Gasteiger partial charge in [-0.2, -0.15) is 0 Å². The summed E-state index contributed by atoms with van der Waals surface area (Å²) in [5.41, 5.74) is 1.51. The van der Waals surface area contributed by atoms with E-state index in [-0.39, 0.29) is 0 Å². The largest absolute Gasteiger partial charge is 0.378 e. The Morgan fingerprint density at radius 2 is 2.05 bits per heavy atom. The molecular formula is C17H25NO. The summed E-state index contributed by atoms with van der Waals surface area (Å²) >= 11 is 0. The van der Waals surface area contributed by atoms with Crippen LogP contribution in [0, 0.1) is 11.8 Å². The molecule has 5 atom stereocenters. The maximum Gasteiger partial charge on any atom is 0.0616 e. The zero-order valence-corrected chi connectivity index (χ0v) is 12.0. The standard InChI is InChI=1S/C17H25NO/c1-3-16-13(9-10-19-16)17(18-2)15-11-14(15)12-7-5-4-6-8-12/h4-8,13-18H,3,9-11H2,1-2H3. The lowest BCUT2D eigenvalue weighted by atomic mass is 9.87. The molecule has 0 bridgehead atoms. The molecule has 2 fully saturated rings. The molecule has 0 radical (unpaired) electrons. The van der Waals surface area contributed by atoms with Crippen LogP contribution >= 0.6 is 0 Å². The highest BCUT2D eigenvalue weighted by Gasteiger charge is 2.48. The van der Waals surface area contributed by atoms with Gasteiger partial charge in [0.15, 0.2) is 0 Å². The van der Waals surface area contributed by atoms with Crippen molar-refractivity contribution < 1.29 is 4.74 Å². The normalized spacial score (nSPS) is 35.3. The molecule has 5 unspecified atom stereocenters. The van der Waals surface area contributed by atoms with Crippen molar-refractivity contribution in [3.05, 3.63) is 35.9 Å². The van der Waals surface area contributed by atoms with Gasteiger partial charge in [0.05, 0.1) is 6.10 Å². The first kappa shape index (κ1) is 13.1. The lowest BCUT2D eigenvalue weighted by Crippen LogP contribution is -2.40. The van der Waals surface area contributed by atoms with Crippen LogP contribution in [0.5, 0.6) is 0 Å². The average Bonchev–Trinajstić information content (AvgIpc) is 3.10. The minimum absolute atomic E-state index is 0.467.